The molecule has 0 aliphatic carbocycles. The lowest BCUT2D eigenvalue weighted by molar-refractivity contribution is -1.17. The van der Waals surface area contributed by atoms with Crippen LogP contribution in [-0.2, 0) is 0 Å². The molecule has 2 fully saturated rings. The molecule has 0 aromatic carbocycles. The first-order valence-electron chi connectivity index (χ1n) is 5.23. The van der Waals surface area contributed by atoms with Crippen LogP contribution in [0.2, 0.25) is 0 Å². The zero-order valence-electron chi connectivity index (χ0n) is 8.66. The third-order valence-corrected chi connectivity index (χ3v) is 3.35. The van der Waals surface area contributed by atoms with Crippen LogP contribution in [-0.4, -0.2) is 50.0 Å². The summed E-state index contributed by atoms with van der Waals surface area (Å²) in [6.45, 7) is 4.27. The Kier molecular flexibility index (Phi) is 2.61. The van der Waals surface area contributed by atoms with Gasteiger partial charge in [0.05, 0.1) is 0 Å². The molecule has 0 spiro atoms. The van der Waals surface area contributed by atoms with Crippen molar-refractivity contribution in [3.05, 3.63) is 10.1 Å². The molecule has 4 N–H and O–H groups in total. The van der Waals surface area contributed by atoms with Crippen LogP contribution in [0.15, 0.2) is 0 Å². The highest BCUT2D eigenvalue weighted by atomic mass is 16.6. The molecule has 2 aliphatic heterocycles. The van der Waals surface area contributed by atoms with Gasteiger partial charge in [0, 0.05) is 4.92 Å². The third-order valence-electron chi connectivity index (χ3n) is 3.35. The summed E-state index contributed by atoms with van der Waals surface area (Å²) in [6, 6.07) is 0. The summed E-state index contributed by atoms with van der Waals surface area (Å²) in [5.74, 6) is 2.60. The molecular weight excluding hydrogens is 196 g/mol. The van der Waals surface area contributed by atoms with Gasteiger partial charge >= 0.3 is 5.54 Å². The van der Waals surface area contributed by atoms with E-state index in [1.807, 2.05) is 5.32 Å². The number of fused-ring (bicyclic) bond motifs is 2. The fraction of sp³-hybridized carbons (Fsp3) is 0.778. The van der Waals surface area contributed by atoms with Gasteiger partial charge in [-0.3, -0.25) is 20.3 Å². The van der Waals surface area contributed by atoms with Crippen LogP contribution in [0.3, 0.4) is 0 Å². The number of hydrogen-bond donors (Lipinski definition) is 3. The van der Waals surface area contributed by atoms with Gasteiger partial charge in [-0.15, -0.1) is 6.42 Å². The number of nitro groups is 1. The predicted molar refractivity (Wildman–Crippen MR) is 51.6 cm³/mol. The van der Waals surface area contributed by atoms with Gasteiger partial charge in [0.25, 0.3) is 0 Å². The Morgan fingerprint density at radius 2 is 2.40 bits per heavy atom. The van der Waals surface area contributed by atoms with Crippen LogP contribution < -0.4 is 15.1 Å². The normalized spacial score (nSPS) is 39.4. The van der Waals surface area contributed by atoms with Crippen LogP contribution in [0.5, 0.6) is 0 Å². The highest BCUT2D eigenvalue weighted by molar-refractivity contribution is 4.84. The van der Waals surface area contributed by atoms with E-state index >= 15 is 0 Å². The van der Waals surface area contributed by atoms with Gasteiger partial charge in [-0.1, -0.05) is 0 Å². The average molecular weight is 213 g/mol. The zero-order chi connectivity index (χ0) is 10.9. The van der Waals surface area contributed by atoms with E-state index in [2.05, 4.69) is 5.92 Å². The minimum atomic E-state index is -0.752. The molecule has 2 rings (SSSR count). The number of nitrogens with zero attached hydrogens (tertiary/aromatic N) is 1. The number of rotatable bonds is 2. The van der Waals surface area contributed by atoms with Gasteiger partial charge < -0.3 is 0 Å². The Morgan fingerprint density at radius 3 is 3.07 bits per heavy atom. The second-order valence-corrected chi connectivity index (χ2v) is 4.59. The molecular formula is C9H17N4O2+3. The van der Waals surface area contributed by atoms with Crippen molar-refractivity contribution in [2.24, 2.45) is 0 Å². The second kappa shape index (κ2) is 3.77. The fourth-order valence-electron chi connectivity index (χ4n) is 2.78. The Balaban J connectivity index is 2.15. The summed E-state index contributed by atoms with van der Waals surface area (Å²) in [5, 5.41) is 13.2. The lowest BCUT2D eigenvalue weighted by Gasteiger charge is -2.38. The van der Waals surface area contributed by atoms with Crippen molar-refractivity contribution in [2.75, 3.05) is 39.5 Å². The maximum Gasteiger partial charge on any atom is 0.364 e. The van der Waals surface area contributed by atoms with Crippen molar-refractivity contribution < 1.29 is 20.0 Å². The first kappa shape index (κ1) is 10.4. The highest BCUT2D eigenvalue weighted by Crippen LogP contribution is 2.04. The minimum absolute atomic E-state index is 0.0989. The summed E-state index contributed by atoms with van der Waals surface area (Å²) in [5.41, 5.74) is -0.752. The first-order valence-corrected chi connectivity index (χ1v) is 5.23. The molecule has 0 amide bonds. The van der Waals surface area contributed by atoms with Crippen molar-refractivity contribution in [1.29, 1.82) is 0 Å². The van der Waals surface area contributed by atoms with E-state index in [4.69, 9.17) is 6.42 Å². The van der Waals surface area contributed by atoms with E-state index in [-0.39, 0.29) is 4.92 Å². The Hall–Kier alpha value is -1.16. The molecule has 3 atom stereocenters. The predicted octanol–water partition coefficient (Wildman–Crippen LogP) is -5.09. The van der Waals surface area contributed by atoms with Gasteiger partial charge in [-0.05, 0) is 5.92 Å². The Bertz CT molecular complexity index is 314. The molecule has 2 saturated heterocycles. The summed E-state index contributed by atoms with van der Waals surface area (Å²) < 4.78 is 0. The van der Waals surface area contributed by atoms with Gasteiger partial charge in [-0.2, -0.15) is 0 Å². The smallest absolute Gasteiger partial charge is 0.293 e. The summed E-state index contributed by atoms with van der Waals surface area (Å²) in [4.78, 5) is 13.5. The van der Waals surface area contributed by atoms with Crippen LogP contribution >= 0.6 is 0 Å². The van der Waals surface area contributed by atoms with E-state index in [0.717, 1.165) is 13.3 Å². The lowest BCUT2D eigenvalue weighted by Crippen LogP contribution is -3.42. The Morgan fingerprint density at radius 1 is 1.60 bits per heavy atom. The largest absolute Gasteiger partial charge is 0.364 e. The number of quaternary nitrogens is 3. The first-order chi connectivity index (χ1) is 7.16. The summed E-state index contributed by atoms with van der Waals surface area (Å²) in [6.07, 6.45) is 5.27. The van der Waals surface area contributed by atoms with E-state index in [9.17, 15) is 10.1 Å². The molecule has 2 bridgehead atoms. The standard InChI is InChI=1S/C9H14N4O2/c1-2-3-11-5-9(13(14)15)4-10-7-12(6-9)8-11/h1,10H,3-8H2/p+3/t9-/m0/s1. The van der Waals surface area contributed by atoms with Crippen LogP contribution in [0.25, 0.3) is 0 Å². The number of nitrogens with one attached hydrogen (secondary N) is 2. The van der Waals surface area contributed by atoms with Gasteiger partial charge in [-0.25, -0.2) is 4.90 Å². The van der Waals surface area contributed by atoms with Crippen LogP contribution in [0.4, 0.5) is 0 Å². The molecule has 6 heteroatoms. The third kappa shape index (κ3) is 1.81. The summed E-state index contributed by atoms with van der Waals surface area (Å²) in [7, 11) is 0. The SMILES string of the molecule is C#CC[NH+]1C[NH+]2C[NH2+]C[C@]([N+](=O)[O-])(C1)C2. The topological polar surface area (TPSA) is 68.6 Å². The van der Waals surface area contributed by atoms with Crippen LogP contribution in [0, 0.1) is 22.5 Å². The van der Waals surface area contributed by atoms with Gasteiger partial charge in [0.2, 0.25) is 13.3 Å². The van der Waals surface area contributed by atoms with Crippen molar-refractivity contribution in [2.45, 2.75) is 5.54 Å². The van der Waals surface area contributed by atoms with Gasteiger partial charge in [0.15, 0.2) is 19.6 Å². The minimum Gasteiger partial charge on any atom is -0.293 e. The number of nitrogens with two attached hydrogens (primary N) is 1. The zero-order valence-corrected chi connectivity index (χ0v) is 8.66. The van der Waals surface area contributed by atoms with E-state index in [0.29, 0.717) is 26.2 Å². The van der Waals surface area contributed by atoms with Crippen LogP contribution in [0.1, 0.15) is 0 Å². The molecule has 2 heterocycles. The fourth-order valence-corrected chi connectivity index (χ4v) is 2.78. The highest BCUT2D eigenvalue weighted by Gasteiger charge is 2.59. The van der Waals surface area contributed by atoms with Gasteiger partial charge in [0.1, 0.15) is 6.54 Å². The van der Waals surface area contributed by atoms with Crippen molar-refractivity contribution in [3.63, 3.8) is 0 Å². The molecule has 0 aromatic rings. The van der Waals surface area contributed by atoms with Crippen molar-refractivity contribution in [3.8, 4) is 12.3 Å². The molecule has 15 heavy (non-hydrogen) atoms. The van der Waals surface area contributed by atoms with Crippen molar-refractivity contribution in [1.82, 2.24) is 0 Å². The molecule has 82 valence electrons. The molecule has 0 saturated carbocycles. The number of terminal acetylenes is 1. The molecule has 0 radical (unpaired) electrons. The Labute approximate surface area is 88.4 Å². The quantitative estimate of drug-likeness (QED) is 0.244. The van der Waals surface area contributed by atoms with E-state index in [1.165, 1.54) is 9.80 Å². The molecule has 6 nitrogen and oxygen atoms in total. The molecule has 2 unspecified atom stereocenters. The summed E-state index contributed by atoms with van der Waals surface area (Å²) >= 11 is 0. The number of hydrogen-bond acceptors (Lipinski definition) is 2. The second-order valence-electron chi connectivity index (χ2n) is 4.59. The molecule has 2 aliphatic rings. The van der Waals surface area contributed by atoms with E-state index in [1.54, 1.807) is 0 Å². The maximum atomic E-state index is 11.1. The molecule has 0 aromatic heterocycles. The van der Waals surface area contributed by atoms with Crippen molar-refractivity contribution >= 4 is 0 Å². The average Bonchev–Trinajstić information content (AvgIpc) is 2.17. The lowest BCUT2D eigenvalue weighted by atomic mass is 9.95. The monoisotopic (exact) mass is 213 g/mol. The maximum absolute atomic E-state index is 11.1. The van der Waals surface area contributed by atoms with E-state index < -0.39 is 5.54 Å².